The van der Waals surface area contributed by atoms with E-state index in [2.05, 4.69) is 5.92 Å². The first kappa shape index (κ1) is 10.6. The van der Waals surface area contributed by atoms with E-state index in [-0.39, 0.29) is 18.2 Å². The molecule has 1 fully saturated rings. The van der Waals surface area contributed by atoms with Crippen LogP contribution < -0.4 is 0 Å². The summed E-state index contributed by atoms with van der Waals surface area (Å²) in [6.45, 7) is 2.24. The molecule has 0 saturated carbocycles. The van der Waals surface area contributed by atoms with Crippen LogP contribution in [0.2, 0.25) is 0 Å². The molecule has 0 radical (unpaired) electrons. The third kappa shape index (κ3) is 1.74. The van der Waals surface area contributed by atoms with Crippen molar-refractivity contribution in [2.75, 3.05) is 6.54 Å². The van der Waals surface area contributed by atoms with E-state index in [9.17, 15) is 4.79 Å². The van der Waals surface area contributed by atoms with Gasteiger partial charge in [0.05, 0.1) is 12.6 Å². The van der Waals surface area contributed by atoms with E-state index in [0.29, 0.717) is 6.54 Å². The van der Waals surface area contributed by atoms with Gasteiger partial charge in [0, 0.05) is 0 Å². The molecule has 1 saturated heterocycles. The first-order chi connectivity index (χ1) is 7.74. The lowest BCUT2D eigenvalue weighted by Gasteiger charge is -2.18. The molecule has 1 heterocycles. The van der Waals surface area contributed by atoms with Crippen LogP contribution >= 0.6 is 0 Å². The van der Waals surface area contributed by atoms with Gasteiger partial charge in [-0.15, -0.1) is 6.42 Å². The first-order valence-electron chi connectivity index (χ1n) is 5.19. The van der Waals surface area contributed by atoms with Gasteiger partial charge < -0.3 is 4.74 Å². The van der Waals surface area contributed by atoms with Crippen LogP contribution in [0.3, 0.4) is 0 Å². The van der Waals surface area contributed by atoms with Crippen molar-refractivity contribution < 1.29 is 9.53 Å². The molecule has 0 spiro atoms. The van der Waals surface area contributed by atoms with Crippen molar-refractivity contribution in [3.8, 4) is 12.3 Å². The topological polar surface area (TPSA) is 29.5 Å². The summed E-state index contributed by atoms with van der Waals surface area (Å²) in [5.74, 6) is 2.47. The van der Waals surface area contributed by atoms with Gasteiger partial charge in [-0.3, -0.25) is 4.90 Å². The molecular formula is C13H13NO2. The Balaban J connectivity index is 2.21. The number of carbonyl (C=O) groups is 1. The second kappa shape index (κ2) is 4.28. The predicted molar refractivity (Wildman–Crippen MR) is 60.7 cm³/mol. The second-order valence-electron chi connectivity index (χ2n) is 3.79. The van der Waals surface area contributed by atoms with Crippen molar-refractivity contribution in [3.63, 3.8) is 0 Å². The second-order valence-corrected chi connectivity index (χ2v) is 3.79. The van der Waals surface area contributed by atoms with Crippen LogP contribution in [-0.2, 0) is 4.74 Å². The fourth-order valence-corrected chi connectivity index (χ4v) is 1.90. The Morgan fingerprint density at radius 2 is 2.12 bits per heavy atom. The van der Waals surface area contributed by atoms with Gasteiger partial charge in [-0.2, -0.15) is 0 Å². The number of benzene rings is 1. The Kier molecular flexibility index (Phi) is 2.82. The SMILES string of the molecule is C#CCN1C(=O)O[C@@H](c2ccccc2)[C@H]1C. The van der Waals surface area contributed by atoms with Gasteiger partial charge >= 0.3 is 6.09 Å². The highest BCUT2D eigenvalue weighted by molar-refractivity contribution is 5.71. The number of nitrogens with zero attached hydrogens (tertiary/aromatic N) is 1. The van der Waals surface area contributed by atoms with Gasteiger partial charge in [0.25, 0.3) is 0 Å². The molecule has 1 aromatic carbocycles. The maximum Gasteiger partial charge on any atom is 0.411 e. The number of cyclic esters (lactones) is 1. The van der Waals surface area contributed by atoms with Gasteiger partial charge in [-0.25, -0.2) is 4.79 Å². The van der Waals surface area contributed by atoms with E-state index in [4.69, 9.17) is 11.2 Å². The molecule has 2 rings (SSSR count). The number of carbonyl (C=O) groups excluding carboxylic acids is 1. The van der Waals surface area contributed by atoms with E-state index in [1.54, 1.807) is 4.90 Å². The van der Waals surface area contributed by atoms with Crippen LogP contribution in [0.1, 0.15) is 18.6 Å². The standard InChI is InChI=1S/C13H13NO2/c1-3-9-14-10(2)12(16-13(14)15)11-7-5-4-6-8-11/h1,4-8,10,12H,9H2,2H3/t10-,12-/m1/s1. The van der Waals surface area contributed by atoms with Gasteiger partial charge in [0.1, 0.15) is 6.10 Å². The Hall–Kier alpha value is -1.95. The quantitative estimate of drug-likeness (QED) is 0.708. The molecule has 3 heteroatoms. The molecule has 1 aliphatic rings. The third-order valence-electron chi connectivity index (χ3n) is 2.78. The number of hydrogen-bond donors (Lipinski definition) is 0. The molecule has 0 aromatic heterocycles. The third-order valence-corrected chi connectivity index (χ3v) is 2.78. The van der Waals surface area contributed by atoms with Gasteiger partial charge in [-0.1, -0.05) is 36.3 Å². The molecule has 3 nitrogen and oxygen atoms in total. The Labute approximate surface area is 95.0 Å². The van der Waals surface area contributed by atoms with Gasteiger partial charge in [0.15, 0.2) is 0 Å². The van der Waals surface area contributed by atoms with Crippen LogP contribution in [0.4, 0.5) is 4.79 Å². The fourth-order valence-electron chi connectivity index (χ4n) is 1.90. The molecule has 1 aromatic rings. The minimum absolute atomic E-state index is 0.0223. The highest BCUT2D eigenvalue weighted by atomic mass is 16.6. The Morgan fingerprint density at radius 1 is 1.44 bits per heavy atom. The van der Waals surface area contributed by atoms with Crippen LogP contribution in [0.15, 0.2) is 30.3 Å². The molecule has 1 amide bonds. The smallest absolute Gasteiger partial charge is 0.411 e. The first-order valence-corrected chi connectivity index (χ1v) is 5.19. The molecule has 0 bridgehead atoms. The van der Waals surface area contributed by atoms with Crippen LogP contribution in [0, 0.1) is 12.3 Å². The minimum atomic E-state index is -0.334. The van der Waals surface area contributed by atoms with Crippen molar-refractivity contribution >= 4 is 6.09 Å². The minimum Gasteiger partial charge on any atom is -0.439 e. The van der Waals surface area contributed by atoms with Crippen molar-refractivity contribution in [2.45, 2.75) is 19.1 Å². The Morgan fingerprint density at radius 3 is 2.75 bits per heavy atom. The molecule has 0 N–H and O–H groups in total. The predicted octanol–water partition coefficient (Wildman–Crippen LogP) is 2.20. The number of rotatable bonds is 2. The van der Waals surface area contributed by atoms with Crippen molar-refractivity contribution in [1.29, 1.82) is 0 Å². The zero-order valence-corrected chi connectivity index (χ0v) is 9.09. The summed E-state index contributed by atoms with van der Waals surface area (Å²) in [5, 5.41) is 0. The molecule has 2 atom stereocenters. The summed E-state index contributed by atoms with van der Waals surface area (Å²) >= 11 is 0. The summed E-state index contributed by atoms with van der Waals surface area (Å²) in [6.07, 6.45) is 4.66. The van der Waals surface area contributed by atoms with E-state index >= 15 is 0 Å². The van der Waals surface area contributed by atoms with Crippen molar-refractivity contribution in [3.05, 3.63) is 35.9 Å². The summed E-state index contributed by atoms with van der Waals surface area (Å²) in [7, 11) is 0. The van der Waals surface area contributed by atoms with Crippen LogP contribution in [-0.4, -0.2) is 23.6 Å². The number of terminal acetylenes is 1. The fraction of sp³-hybridized carbons (Fsp3) is 0.308. The molecular weight excluding hydrogens is 202 g/mol. The molecule has 1 aliphatic heterocycles. The summed E-state index contributed by atoms with van der Waals surface area (Å²) in [5.41, 5.74) is 1.00. The van der Waals surface area contributed by atoms with Crippen molar-refractivity contribution in [2.24, 2.45) is 0 Å². The zero-order valence-electron chi connectivity index (χ0n) is 9.09. The van der Waals surface area contributed by atoms with E-state index < -0.39 is 0 Å². The zero-order chi connectivity index (χ0) is 11.5. The van der Waals surface area contributed by atoms with Crippen LogP contribution in [0.5, 0.6) is 0 Å². The summed E-state index contributed by atoms with van der Waals surface area (Å²) < 4.78 is 5.32. The summed E-state index contributed by atoms with van der Waals surface area (Å²) in [4.78, 5) is 13.1. The van der Waals surface area contributed by atoms with E-state index in [0.717, 1.165) is 5.56 Å². The highest BCUT2D eigenvalue weighted by Gasteiger charge is 2.38. The van der Waals surface area contributed by atoms with Crippen LogP contribution in [0.25, 0.3) is 0 Å². The Bertz CT molecular complexity index is 421. The lowest BCUT2D eigenvalue weighted by Crippen LogP contribution is -2.32. The molecule has 16 heavy (non-hydrogen) atoms. The number of hydrogen-bond acceptors (Lipinski definition) is 2. The largest absolute Gasteiger partial charge is 0.439 e. The maximum atomic E-state index is 11.6. The van der Waals surface area contributed by atoms with Crippen molar-refractivity contribution in [1.82, 2.24) is 4.90 Å². The average molecular weight is 215 g/mol. The molecule has 0 unspecified atom stereocenters. The lowest BCUT2D eigenvalue weighted by atomic mass is 10.0. The van der Waals surface area contributed by atoms with E-state index in [1.807, 2.05) is 37.3 Å². The normalized spacial score (nSPS) is 24.0. The molecule has 0 aliphatic carbocycles. The number of ether oxygens (including phenoxy) is 1. The van der Waals surface area contributed by atoms with E-state index in [1.165, 1.54) is 0 Å². The highest BCUT2D eigenvalue weighted by Crippen LogP contribution is 2.31. The number of amides is 1. The monoisotopic (exact) mass is 215 g/mol. The van der Waals surface area contributed by atoms with Gasteiger partial charge in [0.2, 0.25) is 0 Å². The maximum absolute atomic E-state index is 11.6. The lowest BCUT2D eigenvalue weighted by molar-refractivity contribution is 0.131. The van der Waals surface area contributed by atoms with Gasteiger partial charge in [-0.05, 0) is 12.5 Å². The molecule has 82 valence electrons. The average Bonchev–Trinajstić information content (AvgIpc) is 2.59. The summed E-state index contributed by atoms with van der Waals surface area (Å²) in [6, 6.07) is 9.68.